The van der Waals surface area contributed by atoms with Crippen molar-refractivity contribution in [3.05, 3.63) is 53.6 Å². The second kappa shape index (κ2) is 6.68. The number of nitrogens with one attached hydrogen (secondary N) is 2. The number of nitrogens with zero attached hydrogens (tertiary/aromatic N) is 1. The van der Waals surface area contributed by atoms with E-state index in [1.165, 1.54) is 0 Å². The number of aryl methyl sites for hydroxylation is 1. The molecule has 0 radical (unpaired) electrons. The first-order valence-corrected chi connectivity index (χ1v) is 8.62. The van der Waals surface area contributed by atoms with Gasteiger partial charge >= 0.3 is 0 Å². The van der Waals surface area contributed by atoms with Crippen LogP contribution in [0, 0.1) is 6.92 Å². The molecule has 1 aliphatic heterocycles. The molecule has 1 fully saturated rings. The van der Waals surface area contributed by atoms with E-state index in [4.69, 9.17) is 4.42 Å². The average molecular weight is 363 g/mol. The number of carbonyl (C=O) groups excluding carboxylic acids is 3. The summed E-state index contributed by atoms with van der Waals surface area (Å²) in [4.78, 5) is 40.0. The Morgan fingerprint density at radius 2 is 2.04 bits per heavy atom. The van der Waals surface area contributed by atoms with Gasteiger partial charge in [0.2, 0.25) is 17.7 Å². The first kappa shape index (κ1) is 17.0. The second-order valence-electron chi connectivity index (χ2n) is 6.49. The van der Waals surface area contributed by atoms with Gasteiger partial charge in [-0.15, -0.1) is 0 Å². The van der Waals surface area contributed by atoms with Crippen LogP contribution in [0.4, 0.5) is 0 Å². The number of imide groups is 1. The highest BCUT2D eigenvalue weighted by Gasteiger charge is 2.28. The van der Waals surface area contributed by atoms with Crippen LogP contribution in [0.3, 0.4) is 0 Å². The van der Waals surface area contributed by atoms with Gasteiger partial charge in [-0.05, 0) is 43.2 Å². The van der Waals surface area contributed by atoms with Gasteiger partial charge in [-0.2, -0.15) is 0 Å². The average Bonchev–Trinajstić information content (AvgIpc) is 3.07. The zero-order valence-electron chi connectivity index (χ0n) is 14.6. The molecule has 1 aromatic heterocycles. The fourth-order valence-electron chi connectivity index (χ4n) is 3.07. The summed E-state index contributed by atoms with van der Waals surface area (Å²) in [6.45, 7) is 1.98. The third-order valence-electron chi connectivity index (χ3n) is 4.57. The monoisotopic (exact) mass is 363 g/mol. The molecule has 3 amide bonds. The molecule has 2 N–H and O–H groups in total. The number of fused-ring (bicyclic) bond motifs is 1. The lowest BCUT2D eigenvalue weighted by atomic mass is 10.1. The summed E-state index contributed by atoms with van der Waals surface area (Å²) in [7, 11) is 0. The van der Waals surface area contributed by atoms with Crippen LogP contribution >= 0.6 is 0 Å². The van der Waals surface area contributed by atoms with Crippen molar-refractivity contribution < 1.29 is 18.8 Å². The van der Waals surface area contributed by atoms with Crippen LogP contribution in [-0.4, -0.2) is 28.7 Å². The predicted octanol–water partition coefficient (Wildman–Crippen LogP) is 2.34. The van der Waals surface area contributed by atoms with E-state index in [2.05, 4.69) is 15.6 Å². The highest BCUT2D eigenvalue weighted by atomic mass is 16.3. The van der Waals surface area contributed by atoms with Crippen molar-refractivity contribution in [3.8, 4) is 11.5 Å². The molecular weight excluding hydrogens is 346 g/mol. The Morgan fingerprint density at radius 1 is 1.22 bits per heavy atom. The molecule has 7 nitrogen and oxygen atoms in total. The van der Waals surface area contributed by atoms with Gasteiger partial charge in [-0.25, -0.2) is 4.98 Å². The van der Waals surface area contributed by atoms with Gasteiger partial charge in [-0.1, -0.05) is 18.2 Å². The molecule has 2 aromatic carbocycles. The summed E-state index contributed by atoms with van der Waals surface area (Å²) < 4.78 is 5.80. The van der Waals surface area contributed by atoms with Crippen LogP contribution in [0.5, 0.6) is 0 Å². The third-order valence-corrected chi connectivity index (χ3v) is 4.57. The fraction of sp³-hybridized carbons (Fsp3) is 0.200. The SMILES string of the molecule is Cc1ccccc1-c1nc2cc(C(=O)NC3CCC(=O)NC3=O)ccc2o1. The summed E-state index contributed by atoms with van der Waals surface area (Å²) in [6, 6.07) is 12.0. The van der Waals surface area contributed by atoms with Crippen LogP contribution in [0.15, 0.2) is 46.9 Å². The number of aromatic nitrogens is 1. The molecule has 1 aliphatic rings. The van der Waals surface area contributed by atoms with E-state index >= 15 is 0 Å². The number of rotatable bonds is 3. The van der Waals surface area contributed by atoms with E-state index in [0.29, 0.717) is 29.0 Å². The smallest absolute Gasteiger partial charge is 0.252 e. The minimum atomic E-state index is -0.717. The van der Waals surface area contributed by atoms with Gasteiger partial charge < -0.3 is 9.73 Å². The van der Waals surface area contributed by atoms with Crippen molar-refractivity contribution in [1.82, 2.24) is 15.6 Å². The molecular formula is C20H17N3O4. The molecule has 3 aromatic rings. The summed E-state index contributed by atoms with van der Waals surface area (Å²) in [5, 5.41) is 4.88. The Labute approximate surface area is 154 Å². The standard InChI is InChI=1S/C20H17N3O4/c1-11-4-2-3-5-13(11)20-22-15-10-12(6-8-16(15)27-20)18(25)21-14-7-9-17(24)23-19(14)26/h2-6,8,10,14H,7,9H2,1H3,(H,21,25)(H,23,24,26). The minimum Gasteiger partial charge on any atom is -0.436 e. The first-order chi connectivity index (χ1) is 13.0. The van der Waals surface area contributed by atoms with Crippen molar-refractivity contribution in [2.45, 2.75) is 25.8 Å². The summed E-state index contributed by atoms with van der Waals surface area (Å²) in [6.07, 6.45) is 0.499. The number of hydrogen-bond acceptors (Lipinski definition) is 5. The van der Waals surface area contributed by atoms with Gasteiger partial charge in [-0.3, -0.25) is 19.7 Å². The topological polar surface area (TPSA) is 101 Å². The lowest BCUT2D eigenvalue weighted by molar-refractivity contribution is -0.134. The number of oxazole rings is 1. The van der Waals surface area contributed by atoms with Crippen molar-refractivity contribution in [2.24, 2.45) is 0 Å². The summed E-state index contributed by atoms with van der Waals surface area (Å²) in [5.41, 5.74) is 3.44. The maximum Gasteiger partial charge on any atom is 0.252 e. The molecule has 0 bridgehead atoms. The molecule has 0 spiro atoms. The predicted molar refractivity (Wildman–Crippen MR) is 97.8 cm³/mol. The van der Waals surface area contributed by atoms with Crippen LogP contribution in [0.1, 0.15) is 28.8 Å². The van der Waals surface area contributed by atoms with Crippen LogP contribution in [0.25, 0.3) is 22.6 Å². The molecule has 1 atom stereocenters. The largest absolute Gasteiger partial charge is 0.436 e. The molecule has 2 heterocycles. The van der Waals surface area contributed by atoms with E-state index in [1.54, 1.807) is 18.2 Å². The Hall–Kier alpha value is -3.48. The number of hydrogen-bond donors (Lipinski definition) is 2. The number of benzene rings is 2. The molecule has 27 heavy (non-hydrogen) atoms. The molecule has 4 rings (SSSR count). The van der Waals surface area contributed by atoms with Crippen molar-refractivity contribution in [1.29, 1.82) is 0 Å². The molecule has 0 saturated carbocycles. The zero-order valence-corrected chi connectivity index (χ0v) is 14.6. The second-order valence-corrected chi connectivity index (χ2v) is 6.49. The fourth-order valence-corrected chi connectivity index (χ4v) is 3.07. The Morgan fingerprint density at radius 3 is 2.81 bits per heavy atom. The van der Waals surface area contributed by atoms with Gasteiger partial charge in [0.25, 0.3) is 5.91 Å². The zero-order chi connectivity index (χ0) is 19.0. The van der Waals surface area contributed by atoms with Gasteiger partial charge in [0, 0.05) is 17.5 Å². The highest BCUT2D eigenvalue weighted by Crippen LogP contribution is 2.27. The normalized spacial score (nSPS) is 17.0. The quantitative estimate of drug-likeness (QED) is 0.696. The van der Waals surface area contributed by atoms with Crippen molar-refractivity contribution in [2.75, 3.05) is 0 Å². The van der Waals surface area contributed by atoms with Crippen LogP contribution < -0.4 is 10.6 Å². The lowest BCUT2D eigenvalue weighted by Gasteiger charge is -2.21. The van der Waals surface area contributed by atoms with E-state index in [0.717, 1.165) is 11.1 Å². The lowest BCUT2D eigenvalue weighted by Crippen LogP contribution is -2.52. The van der Waals surface area contributed by atoms with E-state index in [9.17, 15) is 14.4 Å². The molecule has 136 valence electrons. The van der Waals surface area contributed by atoms with Crippen LogP contribution in [0.2, 0.25) is 0 Å². The van der Waals surface area contributed by atoms with Crippen LogP contribution in [-0.2, 0) is 9.59 Å². The number of carbonyl (C=O) groups is 3. The maximum absolute atomic E-state index is 12.5. The summed E-state index contributed by atoms with van der Waals surface area (Å²) >= 11 is 0. The summed E-state index contributed by atoms with van der Waals surface area (Å²) in [5.74, 6) is -0.708. The molecule has 1 unspecified atom stereocenters. The van der Waals surface area contributed by atoms with Gasteiger partial charge in [0.05, 0.1) is 0 Å². The van der Waals surface area contributed by atoms with E-state index in [-0.39, 0.29) is 12.3 Å². The molecule has 1 saturated heterocycles. The van der Waals surface area contributed by atoms with Crippen molar-refractivity contribution >= 4 is 28.8 Å². The Balaban J connectivity index is 1.58. The Bertz CT molecular complexity index is 1070. The molecule has 0 aliphatic carbocycles. The van der Waals surface area contributed by atoms with Gasteiger partial charge in [0.15, 0.2) is 5.58 Å². The minimum absolute atomic E-state index is 0.207. The van der Waals surface area contributed by atoms with E-state index < -0.39 is 17.9 Å². The highest BCUT2D eigenvalue weighted by molar-refractivity contribution is 6.04. The molecule has 7 heteroatoms. The van der Waals surface area contributed by atoms with Gasteiger partial charge in [0.1, 0.15) is 11.6 Å². The Kier molecular flexibility index (Phi) is 4.19. The third kappa shape index (κ3) is 3.31. The number of amides is 3. The van der Waals surface area contributed by atoms with Crippen molar-refractivity contribution in [3.63, 3.8) is 0 Å². The first-order valence-electron chi connectivity index (χ1n) is 8.62. The van der Waals surface area contributed by atoms with E-state index in [1.807, 2.05) is 31.2 Å². The number of piperidine rings is 1. The maximum atomic E-state index is 12.5.